The lowest BCUT2D eigenvalue weighted by molar-refractivity contribution is -0.147. The maximum absolute atomic E-state index is 13.7. The van der Waals surface area contributed by atoms with Gasteiger partial charge in [-0.3, -0.25) is 14.4 Å². The van der Waals surface area contributed by atoms with E-state index in [0.29, 0.717) is 27.2 Å². The second-order valence-corrected chi connectivity index (χ2v) is 9.93. The van der Waals surface area contributed by atoms with Gasteiger partial charge in [-0.25, -0.2) is 4.68 Å². The van der Waals surface area contributed by atoms with Crippen LogP contribution in [-0.2, 0) is 20.9 Å². The predicted octanol–water partition coefficient (Wildman–Crippen LogP) is 5.35. The van der Waals surface area contributed by atoms with E-state index in [9.17, 15) is 14.4 Å². The van der Waals surface area contributed by atoms with E-state index >= 15 is 0 Å². The van der Waals surface area contributed by atoms with E-state index in [1.165, 1.54) is 16.0 Å². The largest absolute Gasteiger partial charge is 0.461 e. The first kappa shape index (κ1) is 25.0. The summed E-state index contributed by atoms with van der Waals surface area (Å²) < 4.78 is 6.89. The lowest BCUT2D eigenvalue weighted by Crippen LogP contribution is -2.29. The molecular formula is C29H24N4O4S. The summed E-state index contributed by atoms with van der Waals surface area (Å²) >= 11 is 1.30. The summed E-state index contributed by atoms with van der Waals surface area (Å²) in [6, 6.07) is 26.1. The molecule has 0 aliphatic heterocycles. The summed E-state index contributed by atoms with van der Waals surface area (Å²) in [6.45, 7) is 1.96. The van der Waals surface area contributed by atoms with Gasteiger partial charge in [0.05, 0.1) is 17.5 Å². The van der Waals surface area contributed by atoms with E-state index in [4.69, 9.17) is 4.74 Å². The summed E-state index contributed by atoms with van der Waals surface area (Å²) in [7, 11) is 0. The van der Waals surface area contributed by atoms with E-state index < -0.39 is 17.9 Å². The summed E-state index contributed by atoms with van der Waals surface area (Å²) in [6.07, 6.45) is -0.266. The molecule has 3 aromatic carbocycles. The van der Waals surface area contributed by atoms with Crippen LogP contribution in [-0.4, -0.2) is 32.7 Å². The van der Waals surface area contributed by atoms with E-state index in [-0.39, 0.29) is 18.8 Å². The molecule has 190 valence electrons. The zero-order valence-corrected chi connectivity index (χ0v) is 21.4. The standard InChI is InChI=1S/C29H24N4O4S/c1-19-16-22(27(35)21-12-6-3-7-13-21)29(38-19)30-28(36)25(33-24-15-9-8-14-23(24)31-32-33)17-26(34)37-18-20-10-4-2-5-11-20/h2-16,25H,17-18H2,1H3,(H,30,36). The molecule has 5 rings (SSSR count). The summed E-state index contributed by atoms with van der Waals surface area (Å²) in [5.41, 5.74) is 2.94. The minimum Gasteiger partial charge on any atom is -0.461 e. The maximum atomic E-state index is 13.7. The molecule has 5 aromatic rings. The number of nitrogens with one attached hydrogen (secondary N) is 1. The molecule has 1 unspecified atom stereocenters. The fourth-order valence-electron chi connectivity index (χ4n) is 4.08. The molecule has 8 nitrogen and oxygen atoms in total. The number of ketones is 1. The SMILES string of the molecule is Cc1cc(C(=O)c2ccccc2)c(NC(=O)C(CC(=O)OCc2ccccc2)n2nnc3ccccc32)s1. The predicted molar refractivity (Wildman–Crippen MR) is 145 cm³/mol. The Labute approximate surface area is 222 Å². The van der Waals surface area contributed by atoms with Crippen LogP contribution in [0, 0.1) is 6.92 Å². The molecule has 0 saturated heterocycles. The molecule has 0 spiro atoms. The minimum absolute atomic E-state index is 0.0892. The number of hydrogen-bond acceptors (Lipinski definition) is 7. The van der Waals surface area contributed by atoms with Crippen LogP contribution < -0.4 is 5.32 Å². The highest BCUT2D eigenvalue weighted by Crippen LogP contribution is 2.31. The van der Waals surface area contributed by atoms with Crippen molar-refractivity contribution in [3.05, 3.63) is 113 Å². The van der Waals surface area contributed by atoms with Crippen LogP contribution in [0.1, 0.15) is 38.8 Å². The van der Waals surface area contributed by atoms with Gasteiger partial charge in [0, 0.05) is 10.4 Å². The van der Waals surface area contributed by atoms with Crippen LogP contribution in [0.4, 0.5) is 5.00 Å². The number of nitrogens with zero attached hydrogens (tertiary/aromatic N) is 3. The number of carbonyl (C=O) groups is 3. The van der Waals surface area contributed by atoms with Gasteiger partial charge in [-0.15, -0.1) is 16.4 Å². The summed E-state index contributed by atoms with van der Waals surface area (Å²) in [4.78, 5) is 40.6. The van der Waals surface area contributed by atoms with Crippen LogP contribution in [0.25, 0.3) is 11.0 Å². The first-order valence-electron chi connectivity index (χ1n) is 12.0. The van der Waals surface area contributed by atoms with Crippen molar-refractivity contribution in [3.8, 4) is 0 Å². The van der Waals surface area contributed by atoms with Crippen LogP contribution in [0.5, 0.6) is 0 Å². The van der Waals surface area contributed by atoms with Gasteiger partial charge in [0.1, 0.15) is 23.2 Å². The number of aryl methyl sites for hydroxylation is 1. The third-order valence-corrected chi connectivity index (χ3v) is 6.92. The molecule has 9 heteroatoms. The highest BCUT2D eigenvalue weighted by atomic mass is 32.1. The number of fused-ring (bicyclic) bond motifs is 1. The van der Waals surface area contributed by atoms with Crippen molar-refractivity contribution in [1.29, 1.82) is 0 Å². The average Bonchev–Trinajstić information content (AvgIpc) is 3.54. The van der Waals surface area contributed by atoms with Gasteiger partial charge in [-0.2, -0.15) is 0 Å². The number of esters is 1. The van der Waals surface area contributed by atoms with E-state index in [0.717, 1.165) is 10.4 Å². The fourth-order valence-corrected chi connectivity index (χ4v) is 4.99. The lowest BCUT2D eigenvalue weighted by Gasteiger charge is -2.17. The molecule has 0 radical (unpaired) electrons. The van der Waals surface area contributed by atoms with Gasteiger partial charge in [0.25, 0.3) is 5.91 Å². The van der Waals surface area contributed by atoms with E-state index in [1.807, 2.05) is 55.5 Å². The lowest BCUT2D eigenvalue weighted by atomic mass is 10.1. The van der Waals surface area contributed by atoms with Gasteiger partial charge in [-0.05, 0) is 30.7 Å². The Balaban J connectivity index is 1.41. The molecule has 1 atom stereocenters. The highest BCUT2D eigenvalue weighted by molar-refractivity contribution is 7.16. The number of hydrogen-bond donors (Lipinski definition) is 1. The Morgan fingerprint density at radius 1 is 0.947 bits per heavy atom. The molecule has 2 aromatic heterocycles. The van der Waals surface area contributed by atoms with Crippen LogP contribution in [0.15, 0.2) is 91.0 Å². The molecular weight excluding hydrogens is 500 g/mol. The molecule has 2 heterocycles. The smallest absolute Gasteiger partial charge is 0.308 e. The molecule has 0 fully saturated rings. The van der Waals surface area contributed by atoms with Gasteiger partial charge in [-0.1, -0.05) is 78.0 Å². The number of anilines is 1. The van der Waals surface area contributed by atoms with Crippen molar-refractivity contribution in [2.75, 3.05) is 5.32 Å². The van der Waals surface area contributed by atoms with Gasteiger partial charge in [0.2, 0.25) is 0 Å². The molecule has 38 heavy (non-hydrogen) atoms. The third-order valence-electron chi connectivity index (χ3n) is 5.95. The van der Waals surface area contributed by atoms with E-state index in [1.54, 1.807) is 42.5 Å². The Hall–Kier alpha value is -4.63. The number of benzene rings is 3. The molecule has 0 aliphatic rings. The number of ether oxygens (including phenoxy) is 1. The monoisotopic (exact) mass is 524 g/mol. The molecule has 0 bridgehead atoms. The number of amides is 1. The quantitative estimate of drug-likeness (QED) is 0.206. The van der Waals surface area contributed by atoms with Crippen LogP contribution in [0.3, 0.4) is 0 Å². The zero-order chi connectivity index (χ0) is 26.5. The second kappa shape index (κ2) is 11.2. The normalized spacial score (nSPS) is 11.7. The van der Waals surface area contributed by atoms with Gasteiger partial charge < -0.3 is 10.1 Å². The number of aromatic nitrogens is 3. The molecule has 0 aliphatic carbocycles. The number of para-hydroxylation sites is 1. The first-order chi connectivity index (χ1) is 18.5. The van der Waals surface area contributed by atoms with Crippen LogP contribution in [0.2, 0.25) is 0 Å². The number of thiophene rings is 1. The summed E-state index contributed by atoms with van der Waals surface area (Å²) in [5.74, 6) is -1.26. The molecule has 1 amide bonds. The van der Waals surface area contributed by atoms with Crippen molar-refractivity contribution in [2.45, 2.75) is 26.0 Å². The minimum atomic E-state index is -1.05. The van der Waals surface area contributed by atoms with Crippen molar-refractivity contribution < 1.29 is 19.1 Å². The number of rotatable bonds is 9. The molecule has 0 saturated carbocycles. The Morgan fingerprint density at radius 3 is 2.39 bits per heavy atom. The van der Waals surface area contributed by atoms with Crippen LogP contribution >= 0.6 is 11.3 Å². The van der Waals surface area contributed by atoms with Gasteiger partial charge in [0.15, 0.2) is 5.78 Å². The zero-order valence-electron chi connectivity index (χ0n) is 20.5. The Kier molecular flexibility index (Phi) is 7.37. The van der Waals surface area contributed by atoms with Crippen molar-refractivity contribution in [3.63, 3.8) is 0 Å². The second-order valence-electron chi connectivity index (χ2n) is 8.67. The van der Waals surface area contributed by atoms with Crippen molar-refractivity contribution in [2.24, 2.45) is 0 Å². The fraction of sp³-hybridized carbons (Fsp3) is 0.138. The maximum Gasteiger partial charge on any atom is 0.308 e. The Bertz CT molecular complexity index is 1590. The van der Waals surface area contributed by atoms with Crippen molar-refractivity contribution in [1.82, 2.24) is 15.0 Å². The third kappa shape index (κ3) is 5.52. The highest BCUT2D eigenvalue weighted by Gasteiger charge is 2.29. The average molecular weight is 525 g/mol. The summed E-state index contributed by atoms with van der Waals surface area (Å²) in [5, 5.41) is 11.6. The van der Waals surface area contributed by atoms with Crippen molar-refractivity contribution >= 4 is 45.0 Å². The van der Waals surface area contributed by atoms with E-state index in [2.05, 4.69) is 15.6 Å². The number of carbonyl (C=O) groups excluding carboxylic acids is 3. The Morgan fingerprint density at radius 2 is 1.63 bits per heavy atom. The first-order valence-corrected chi connectivity index (χ1v) is 12.8. The topological polar surface area (TPSA) is 103 Å². The van der Waals surface area contributed by atoms with Gasteiger partial charge >= 0.3 is 5.97 Å². The molecule has 1 N–H and O–H groups in total.